The highest BCUT2D eigenvalue weighted by Crippen LogP contribution is 2.37. The van der Waals surface area contributed by atoms with Crippen LogP contribution in [0.15, 0.2) is 72.8 Å². The first-order chi connectivity index (χ1) is 13.8. The zero-order valence-electron chi connectivity index (χ0n) is 17.5. The third kappa shape index (κ3) is 4.17. The molecule has 1 N–H and O–H groups in total. The maximum atomic E-state index is 12.7. The van der Waals surface area contributed by atoms with E-state index in [-0.39, 0.29) is 11.3 Å². The number of amides is 1. The fraction of sp³-hybridized carbons (Fsp3) is 0.222. The first kappa shape index (κ1) is 19.2. The quantitative estimate of drug-likeness (QED) is 0.408. The molecule has 0 fully saturated rings. The first-order valence-corrected chi connectivity index (χ1v) is 10.1. The molecule has 2 nitrogen and oxygen atoms in total. The molecular weight excluding hydrogens is 354 g/mol. The molecule has 29 heavy (non-hydrogen) atoms. The minimum Gasteiger partial charge on any atom is -0.322 e. The summed E-state index contributed by atoms with van der Waals surface area (Å²) < 4.78 is 0. The molecule has 1 aliphatic rings. The van der Waals surface area contributed by atoms with Crippen LogP contribution in [0, 0.1) is 5.41 Å². The number of carbonyl (C=O) groups excluding carboxylic acids is 1. The normalized spacial score (nSPS) is 13.0. The zero-order chi connectivity index (χ0) is 20.6. The van der Waals surface area contributed by atoms with E-state index in [9.17, 15) is 4.79 Å². The lowest BCUT2D eigenvalue weighted by Gasteiger charge is -2.14. The van der Waals surface area contributed by atoms with Crippen LogP contribution in [0.2, 0.25) is 0 Å². The first-order valence-electron chi connectivity index (χ1n) is 10.1. The Morgan fingerprint density at radius 3 is 2.24 bits per heavy atom. The van der Waals surface area contributed by atoms with E-state index in [1.165, 1.54) is 27.8 Å². The van der Waals surface area contributed by atoms with Gasteiger partial charge in [0.15, 0.2) is 0 Å². The summed E-state index contributed by atoms with van der Waals surface area (Å²) in [6.07, 6.45) is 3.22. The molecule has 0 unspecified atom stereocenters. The van der Waals surface area contributed by atoms with Gasteiger partial charge in [-0.25, -0.2) is 0 Å². The van der Waals surface area contributed by atoms with Gasteiger partial charge in [-0.2, -0.15) is 0 Å². The summed E-state index contributed by atoms with van der Waals surface area (Å²) >= 11 is 0. The third-order valence-corrected chi connectivity index (χ3v) is 5.31. The monoisotopic (exact) mass is 381 g/mol. The van der Waals surface area contributed by atoms with Crippen molar-refractivity contribution in [3.63, 3.8) is 0 Å². The summed E-state index contributed by atoms with van der Waals surface area (Å²) in [7, 11) is 0. The summed E-state index contributed by atoms with van der Waals surface area (Å²) in [5, 5.41) is 3.05. The molecule has 0 radical (unpaired) electrons. The zero-order valence-corrected chi connectivity index (χ0v) is 17.5. The minimum atomic E-state index is -0.0831. The number of benzene rings is 3. The molecule has 2 heteroatoms. The fourth-order valence-electron chi connectivity index (χ4n) is 4.02. The number of anilines is 1. The van der Waals surface area contributed by atoms with Crippen molar-refractivity contribution in [2.75, 3.05) is 5.32 Å². The summed E-state index contributed by atoms with van der Waals surface area (Å²) in [5.74, 6) is -0.0831. The molecule has 146 valence electrons. The van der Waals surface area contributed by atoms with Gasteiger partial charge in [-0.15, -0.1) is 0 Å². The van der Waals surface area contributed by atoms with Gasteiger partial charge in [0.1, 0.15) is 0 Å². The Morgan fingerprint density at radius 1 is 0.862 bits per heavy atom. The van der Waals surface area contributed by atoms with Crippen molar-refractivity contribution in [2.24, 2.45) is 5.41 Å². The number of allylic oxidation sites excluding steroid dienone is 2. The van der Waals surface area contributed by atoms with Crippen LogP contribution < -0.4 is 5.32 Å². The molecule has 0 bridgehead atoms. The van der Waals surface area contributed by atoms with Crippen molar-refractivity contribution in [3.05, 3.63) is 95.1 Å². The summed E-state index contributed by atoms with van der Waals surface area (Å²) in [6.45, 7) is 8.68. The molecule has 1 aliphatic carbocycles. The highest BCUT2D eigenvalue weighted by Gasteiger charge is 2.18. The summed E-state index contributed by atoms with van der Waals surface area (Å²) in [6, 6.07) is 22.5. The molecule has 1 amide bonds. The lowest BCUT2D eigenvalue weighted by molar-refractivity contribution is 0.102. The molecule has 0 heterocycles. The lowest BCUT2D eigenvalue weighted by Crippen LogP contribution is -2.12. The van der Waals surface area contributed by atoms with Crippen LogP contribution in [-0.4, -0.2) is 5.91 Å². The van der Waals surface area contributed by atoms with Gasteiger partial charge in [0, 0.05) is 11.3 Å². The van der Waals surface area contributed by atoms with Gasteiger partial charge >= 0.3 is 0 Å². The molecule has 3 aromatic rings. The molecular formula is C27H27NO. The van der Waals surface area contributed by atoms with Crippen molar-refractivity contribution < 1.29 is 4.79 Å². The third-order valence-electron chi connectivity index (χ3n) is 5.31. The Kier molecular flexibility index (Phi) is 4.87. The average Bonchev–Trinajstić information content (AvgIpc) is 3.05. The molecule has 0 aromatic heterocycles. The van der Waals surface area contributed by atoms with Gasteiger partial charge in [0.2, 0.25) is 0 Å². The predicted octanol–water partition coefficient (Wildman–Crippen LogP) is 6.96. The second-order valence-electron chi connectivity index (χ2n) is 8.93. The maximum absolute atomic E-state index is 12.7. The largest absolute Gasteiger partial charge is 0.322 e. The van der Waals surface area contributed by atoms with Crippen LogP contribution in [0.5, 0.6) is 0 Å². The van der Waals surface area contributed by atoms with E-state index in [0.29, 0.717) is 5.56 Å². The molecule has 4 rings (SSSR count). The lowest BCUT2D eigenvalue weighted by atomic mass is 9.91. The highest BCUT2D eigenvalue weighted by atomic mass is 16.1. The molecule has 0 atom stereocenters. The maximum Gasteiger partial charge on any atom is 0.255 e. The van der Waals surface area contributed by atoms with Gasteiger partial charge < -0.3 is 5.32 Å². The molecule has 0 aliphatic heterocycles. The molecule has 3 aromatic carbocycles. The van der Waals surface area contributed by atoms with Crippen LogP contribution in [0.3, 0.4) is 0 Å². The summed E-state index contributed by atoms with van der Waals surface area (Å²) in [4.78, 5) is 12.7. The van der Waals surface area contributed by atoms with Crippen molar-refractivity contribution in [2.45, 2.75) is 34.1 Å². The van der Waals surface area contributed by atoms with E-state index in [1.807, 2.05) is 30.3 Å². The Bertz CT molecular complexity index is 1100. The second kappa shape index (κ2) is 7.36. The fourth-order valence-corrected chi connectivity index (χ4v) is 4.02. The van der Waals surface area contributed by atoms with Gasteiger partial charge in [-0.1, -0.05) is 69.3 Å². The second-order valence-corrected chi connectivity index (χ2v) is 8.93. The topological polar surface area (TPSA) is 29.1 Å². The number of carbonyl (C=O) groups is 1. The van der Waals surface area contributed by atoms with Crippen LogP contribution in [0.25, 0.3) is 16.7 Å². The Labute approximate surface area is 173 Å². The molecule has 0 saturated carbocycles. The number of rotatable bonds is 3. The Balaban J connectivity index is 1.52. The number of hydrogen-bond donors (Lipinski definition) is 1. The van der Waals surface area contributed by atoms with Crippen LogP contribution in [0.4, 0.5) is 5.69 Å². The van der Waals surface area contributed by atoms with E-state index in [2.05, 4.69) is 75.5 Å². The van der Waals surface area contributed by atoms with E-state index < -0.39 is 0 Å². The smallest absolute Gasteiger partial charge is 0.255 e. The van der Waals surface area contributed by atoms with E-state index in [0.717, 1.165) is 17.7 Å². The Morgan fingerprint density at radius 2 is 1.52 bits per heavy atom. The van der Waals surface area contributed by atoms with Gasteiger partial charge in [-0.3, -0.25) is 4.79 Å². The standard InChI is InChI=1S/C27H27NO/c1-18(17-27(2,3)4)19-9-11-20(12-10-19)26(29)28-23-14-13-22-15-21-7-5-6-8-24(21)25(22)16-23/h5-14,16-17H,15H2,1-4H3,(H,28,29)/b18-17-. The van der Waals surface area contributed by atoms with Crippen LogP contribution in [-0.2, 0) is 6.42 Å². The number of hydrogen-bond acceptors (Lipinski definition) is 1. The average molecular weight is 382 g/mol. The number of fused-ring (bicyclic) bond motifs is 3. The van der Waals surface area contributed by atoms with E-state index in [4.69, 9.17) is 0 Å². The van der Waals surface area contributed by atoms with Crippen LogP contribution in [0.1, 0.15) is 54.7 Å². The highest BCUT2D eigenvalue weighted by molar-refractivity contribution is 6.04. The van der Waals surface area contributed by atoms with E-state index >= 15 is 0 Å². The number of nitrogens with one attached hydrogen (secondary N) is 1. The SMILES string of the molecule is C/C(=C/C(C)(C)C)c1ccc(C(=O)Nc2ccc3c(c2)-c2ccccc2C3)cc1. The van der Waals surface area contributed by atoms with Gasteiger partial charge in [-0.05, 0) is 76.4 Å². The van der Waals surface area contributed by atoms with Crippen molar-refractivity contribution in [3.8, 4) is 11.1 Å². The molecule has 0 saturated heterocycles. The molecule has 0 spiro atoms. The van der Waals surface area contributed by atoms with Crippen molar-refractivity contribution in [1.29, 1.82) is 0 Å². The van der Waals surface area contributed by atoms with Crippen molar-refractivity contribution in [1.82, 2.24) is 0 Å². The van der Waals surface area contributed by atoms with Gasteiger partial charge in [0.05, 0.1) is 0 Å². The van der Waals surface area contributed by atoms with Crippen LogP contribution >= 0.6 is 0 Å². The summed E-state index contributed by atoms with van der Waals surface area (Å²) in [5.41, 5.74) is 9.14. The van der Waals surface area contributed by atoms with E-state index in [1.54, 1.807) is 0 Å². The predicted molar refractivity (Wildman–Crippen MR) is 122 cm³/mol. The van der Waals surface area contributed by atoms with Gasteiger partial charge in [0.25, 0.3) is 5.91 Å². The van der Waals surface area contributed by atoms with Crippen molar-refractivity contribution >= 4 is 17.2 Å². The Hall–Kier alpha value is -3.13. The minimum absolute atomic E-state index is 0.0831.